The van der Waals surface area contributed by atoms with Crippen LogP contribution in [0, 0.1) is 5.92 Å². The summed E-state index contributed by atoms with van der Waals surface area (Å²) in [5.41, 5.74) is 0. The van der Waals surface area contributed by atoms with Crippen molar-refractivity contribution in [1.82, 2.24) is 0 Å². The van der Waals surface area contributed by atoms with Gasteiger partial charge in [0.15, 0.2) is 0 Å². The van der Waals surface area contributed by atoms with Crippen molar-refractivity contribution in [2.24, 2.45) is 5.92 Å². The van der Waals surface area contributed by atoms with E-state index in [9.17, 15) is 4.79 Å². The summed E-state index contributed by atoms with van der Waals surface area (Å²) in [6.45, 7) is 1.55. The molecular formula is C8H14O3. The van der Waals surface area contributed by atoms with Gasteiger partial charge in [-0.25, -0.2) is 0 Å². The van der Waals surface area contributed by atoms with Crippen LogP contribution >= 0.6 is 0 Å². The first-order chi connectivity index (χ1) is 5.33. The topological polar surface area (TPSA) is 46.5 Å². The highest BCUT2D eigenvalue weighted by Crippen LogP contribution is 2.19. The maximum atomic E-state index is 10.1. The third-order valence-electron chi connectivity index (χ3n) is 2.07. The summed E-state index contributed by atoms with van der Waals surface area (Å²) in [7, 11) is 0. The van der Waals surface area contributed by atoms with Crippen molar-refractivity contribution in [2.45, 2.75) is 25.4 Å². The fourth-order valence-electron chi connectivity index (χ4n) is 1.38. The van der Waals surface area contributed by atoms with Crippen LogP contribution < -0.4 is 0 Å². The minimum Gasteiger partial charge on any atom is -0.386 e. The molecule has 1 atom stereocenters. The summed E-state index contributed by atoms with van der Waals surface area (Å²) in [6.07, 6.45) is 2.40. The van der Waals surface area contributed by atoms with Crippen LogP contribution in [0.4, 0.5) is 0 Å². The molecule has 1 fully saturated rings. The summed E-state index contributed by atoms with van der Waals surface area (Å²) in [4.78, 5) is 10.1. The van der Waals surface area contributed by atoms with Gasteiger partial charge in [-0.05, 0) is 25.2 Å². The van der Waals surface area contributed by atoms with E-state index in [-0.39, 0.29) is 0 Å². The molecule has 1 heterocycles. The summed E-state index contributed by atoms with van der Waals surface area (Å²) >= 11 is 0. The van der Waals surface area contributed by atoms with Crippen molar-refractivity contribution < 1.29 is 14.6 Å². The molecule has 1 aliphatic heterocycles. The fourth-order valence-corrected chi connectivity index (χ4v) is 1.38. The maximum absolute atomic E-state index is 10.1. The molecule has 0 aromatic rings. The molecule has 1 unspecified atom stereocenters. The van der Waals surface area contributed by atoms with Gasteiger partial charge in [-0.3, -0.25) is 0 Å². The lowest BCUT2D eigenvalue weighted by atomic mass is 9.94. The lowest BCUT2D eigenvalue weighted by Crippen LogP contribution is -2.21. The van der Waals surface area contributed by atoms with E-state index >= 15 is 0 Å². The summed E-state index contributed by atoms with van der Waals surface area (Å²) in [5, 5.41) is 9.00. The molecule has 0 bridgehead atoms. The van der Waals surface area contributed by atoms with Crippen molar-refractivity contribution in [2.75, 3.05) is 13.2 Å². The number of aliphatic hydroxyl groups is 1. The van der Waals surface area contributed by atoms with Gasteiger partial charge >= 0.3 is 0 Å². The zero-order chi connectivity index (χ0) is 8.10. The lowest BCUT2D eigenvalue weighted by Gasteiger charge is -2.22. The molecule has 0 amide bonds. The number of carbonyl (C=O) groups excluding carboxylic acids is 1. The third-order valence-corrected chi connectivity index (χ3v) is 2.07. The van der Waals surface area contributed by atoms with Gasteiger partial charge in [0.05, 0.1) is 0 Å². The van der Waals surface area contributed by atoms with E-state index < -0.39 is 6.10 Å². The van der Waals surface area contributed by atoms with Gasteiger partial charge in [0.25, 0.3) is 0 Å². The van der Waals surface area contributed by atoms with Crippen LogP contribution in [0.25, 0.3) is 0 Å². The maximum Gasteiger partial charge on any atom is 0.148 e. The van der Waals surface area contributed by atoms with E-state index in [1.165, 1.54) is 0 Å². The normalized spacial score (nSPS) is 23.0. The lowest BCUT2D eigenvalue weighted by molar-refractivity contribution is -0.116. The molecule has 1 rings (SSSR count). The number of aldehydes is 1. The first-order valence-electron chi connectivity index (χ1n) is 4.04. The first-order valence-corrected chi connectivity index (χ1v) is 4.04. The molecule has 0 aromatic carbocycles. The Morgan fingerprint density at radius 2 is 2.18 bits per heavy atom. The van der Waals surface area contributed by atoms with Gasteiger partial charge < -0.3 is 14.6 Å². The van der Waals surface area contributed by atoms with Crippen LogP contribution in [0.15, 0.2) is 0 Å². The third kappa shape index (κ3) is 2.99. The fraction of sp³-hybridized carbons (Fsp3) is 0.875. The van der Waals surface area contributed by atoms with Crippen LogP contribution in [-0.4, -0.2) is 30.7 Å². The Morgan fingerprint density at radius 1 is 1.55 bits per heavy atom. The molecule has 0 radical (unpaired) electrons. The molecular weight excluding hydrogens is 144 g/mol. The number of hydrogen-bond acceptors (Lipinski definition) is 3. The second-order valence-electron chi connectivity index (χ2n) is 2.99. The van der Waals surface area contributed by atoms with Crippen LogP contribution in [0.5, 0.6) is 0 Å². The number of rotatable bonds is 3. The largest absolute Gasteiger partial charge is 0.386 e. The van der Waals surface area contributed by atoms with Gasteiger partial charge in [0, 0.05) is 13.2 Å². The van der Waals surface area contributed by atoms with Crippen LogP contribution in [-0.2, 0) is 9.53 Å². The Balaban J connectivity index is 2.18. The predicted octanol–water partition coefficient (Wildman–Crippen LogP) is 0.363. The summed E-state index contributed by atoms with van der Waals surface area (Å²) in [6, 6.07) is 0. The highest BCUT2D eigenvalue weighted by molar-refractivity contribution is 5.55. The molecule has 11 heavy (non-hydrogen) atoms. The molecule has 0 aromatic heterocycles. The second kappa shape index (κ2) is 4.46. The van der Waals surface area contributed by atoms with Crippen molar-refractivity contribution in [3.8, 4) is 0 Å². The Labute approximate surface area is 66.4 Å². The number of aliphatic hydroxyl groups excluding tert-OH is 1. The van der Waals surface area contributed by atoms with Gasteiger partial charge in [-0.15, -0.1) is 0 Å². The molecule has 3 heteroatoms. The second-order valence-corrected chi connectivity index (χ2v) is 2.99. The van der Waals surface area contributed by atoms with Crippen molar-refractivity contribution in [3.05, 3.63) is 0 Å². The molecule has 0 saturated carbocycles. The zero-order valence-electron chi connectivity index (χ0n) is 6.53. The predicted molar refractivity (Wildman–Crippen MR) is 40.2 cm³/mol. The number of carbonyl (C=O) groups is 1. The van der Waals surface area contributed by atoms with E-state index in [0.717, 1.165) is 26.1 Å². The first kappa shape index (κ1) is 8.68. The van der Waals surface area contributed by atoms with Crippen LogP contribution in [0.3, 0.4) is 0 Å². The van der Waals surface area contributed by atoms with Crippen molar-refractivity contribution in [1.29, 1.82) is 0 Å². The Morgan fingerprint density at radius 3 is 2.73 bits per heavy atom. The van der Waals surface area contributed by atoms with Crippen molar-refractivity contribution in [3.63, 3.8) is 0 Å². The monoisotopic (exact) mass is 158 g/mol. The van der Waals surface area contributed by atoms with E-state index in [0.29, 0.717) is 18.6 Å². The van der Waals surface area contributed by atoms with Gasteiger partial charge in [-0.2, -0.15) is 0 Å². The highest BCUT2D eigenvalue weighted by Gasteiger charge is 2.16. The summed E-state index contributed by atoms with van der Waals surface area (Å²) < 4.78 is 5.14. The molecule has 1 aliphatic rings. The molecule has 1 N–H and O–H groups in total. The molecule has 1 saturated heterocycles. The van der Waals surface area contributed by atoms with Crippen LogP contribution in [0.2, 0.25) is 0 Å². The number of hydrogen-bond donors (Lipinski definition) is 1. The number of ether oxygens (including phenoxy) is 1. The van der Waals surface area contributed by atoms with Crippen molar-refractivity contribution >= 4 is 6.29 Å². The SMILES string of the molecule is O=CC(O)CC1CCOCC1. The minimum atomic E-state index is -0.766. The Bertz CT molecular complexity index is 119. The zero-order valence-corrected chi connectivity index (χ0v) is 6.53. The van der Waals surface area contributed by atoms with E-state index in [1.807, 2.05) is 0 Å². The standard InChI is InChI=1S/C8H14O3/c9-6-8(10)5-7-1-3-11-4-2-7/h6-8,10H,1-5H2. The van der Waals surface area contributed by atoms with E-state index in [2.05, 4.69) is 0 Å². The highest BCUT2D eigenvalue weighted by atomic mass is 16.5. The van der Waals surface area contributed by atoms with Crippen LogP contribution in [0.1, 0.15) is 19.3 Å². The molecule has 0 spiro atoms. The average Bonchev–Trinajstić information content (AvgIpc) is 2.06. The average molecular weight is 158 g/mol. The molecule has 64 valence electrons. The van der Waals surface area contributed by atoms with E-state index in [4.69, 9.17) is 9.84 Å². The summed E-state index contributed by atoms with van der Waals surface area (Å²) in [5.74, 6) is 0.476. The van der Waals surface area contributed by atoms with E-state index in [1.54, 1.807) is 0 Å². The minimum absolute atomic E-state index is 0.476. The smallest absolute Gasteiger partial charge is 0.148 e. The van der Waals surface area contributed by atoms with Gasteiger partial charge in [-0.1, -0.05) is 0 Å². The van der Waals surface area contributed by atoms with Gasteiger partial charge in [0.2, 0.25) is 0 Å². The molecule has 0 aliphatic carbocycles. The Kier molecular flexibility index (Phi) is 3.52. The molecule has 3 nitrogen and oxygen atoms in total. The Hall–Kier alpha value is -0.410. The quantitative estimate of drug-likeness (QED) is 0.603. The van der Waals surface area contributed by atoms with Gasteiger partial charge in [0.1, 0.15) is 12.4 Å².